The molecule has 0 unspecified atom stereocenters. The minimum atomic E-state index is -0.630. The van der Waals surface area contributed by atoms with Crippen LogP contribution in [0.15, 0.2) is 42.9 Å². The van der Waals surface area contributed by atoms with Crippen molar-refractivity contribution >= 4 is 40.5 Å². The van der Waals surface area contributed by atoms with Gasteiger partial charge in [0.1, 0.15) is 29.3 Å². The Morgan fingerprint density at radius 1 is 0.936 bits per heavy atom. The Balaban J connectivity index is 1.21. The maximum Gasteiger partial charge on any atom is 0.415 e. The number of hydrogen-bond donors (Lipinski definition) is 1. The molecule has 47 heavy (non-hydrogen) atoms. The molecular weight excluding hydrogens is 600 g/mol. The zero-order chi connectivity index (χ0) is 33.5. The van der Waals surface area contributed by atoms with Crippen LogP contribution in [0.2, 0.25) is 0 Å². The van der Waals surface area contributed by atoms with Gasteiger partial charge in [-0.2, -0.15) is 5.10 Å². The van der Waals surface area contributed by atoms with E-state index in [0.29, 0.717) is 43.8 Å². The summed E-state index contributed by atoms with van der Waals surface area (Å²) in [6.07, 6.45) is 6.08. The van der Waals surface area contributed by atoms with Crippen LogP contribution in [0.4, 0.5) is 27.0 Å². The van der Waals surface area contributed by atoms with Crippen LogP contribution in [0.3, 0.4) is 0 Å². The Morgan fingerprint density at radius 2 is 1.66 bits per heavy atom. The van der Waals surface area contributed by atoms with Gasteiger partial charge in [0.05, 0.1) is 24.3 Å². The SMILES string of the molecule is Cc1c(-c2ccc3cnc(Nc4ccnn4C4CCN(C(=O)OC(C)(C)C)CC4)nc3c2)cnc2c1N(C(=O)OC(C)(C)C)CCO2. The fraction of sp³-hybridized carbons (Fsp3) is 0.471. The molecule has 3 aromatic heterocycles. The molecule has 0 aliphatic carbocycles. The van der Waals surface area contributed by atoms with E-state index >= 15 is 0 Å². The fourth-order valence-electron chi connectivity index (χ4n) is 5.82. The molecule has 2 aliphatic rings. The Kier molecular flexibility index (Phi) is 8.41. The lowest BCUT2D eigenvalue weighted by Crippen LogP contribution is -2.42. The topological polar surface area (TPSA) is 137 Å². The summed E-state index contributed by atoms with van der Waals surface area (Å²) in [6.45, 7) is 15.0. The molecule has 1 N–H and O–H groups in total. The fourth-order valence-corrected chi connectivity index (χ4v) is 5.82. The van der Waals surface area contributed by atoms with Gasteiger partial charge in [0.15, 0.2) is 0 Å². The average molecular weight is 643 g/mol. The lowest BCUT2D eigenvalue weighted by molar-refractivity contribution is 0.0185. The molecule has 6 rings (SSSR count). The first kappa shape index (κ1) is 32.0. The standard InChI is InChI=1S/C34H42N8O5/c1-21-25(20-35-29-28(21)41(16-17-45-29)32(44)47-34(5,6)7)22-8-9-23-19-36-30(38-26(23)18-22)39-27-10-13-37-42(27)24-11-14-40(15-12-24)31(43)46-33(2,3)4/h8-10,13,18-20,24H,11-12,14-17H2,1-7H3,(H,36,38,39). The van der Waals surface area contributed by atoms with Crippen molar-refractivity contribution in [2.24, 2.45) is 0 Å². The van der Waals surface area contributed by atoms with Crippen molar-refractivity contribution in [2.45, 2.75) is 78.6 Å². The zero-order valence-corrected chi connectivity index (χ0v) is 28.0. The predicted molar refractivity (Wildman–Crippen MR) is 178 cm³/mol. The van der Waals surface area contributed by atoms with E-state index < -0.39 is 17.3 Å². The monoisotopic (exact) mass is 642 g/mol. The highest BCUT2D eigenvalue weighted by atomic mass is 16.6. The molecule has 2 amide bonds. The summed E-state index contributed by atoms with van der Waals surface area (Å²) in [4.78, 5) is 42.9. The van der Waals surface area contributed by atoms with Crippen LogP contribution in [0.25, 0.3) is 22.0 Å². The number of benzene rings is 1. The van der Waals surface area contributed by atoms with E-state index in [2.05, 4.69) is 20.4 Å². The second-order valence-electron chi connectivity index (χ2n) is 13.9. The number of aromatic nitrogens is 5. The Bertz CT molecular complexity index is 1800. The quantitative estimate of drug-likeness (QED) is 0.258. The smallest absolute Gasteiger partial charge is 0.415 e. The van der Waals surface area contributed by atoms with Crippen LogP contribution in [0, 0.1) is 6.92 Å². The molecule has 0 saturated carbocycles. The zero-order valence-electron chi connectivity index (χ0n) is 28.0. The summed E-state index contributed by atoms with van der Waals surface area (Å²) < 4.78 is 19.0. The highest BCUT2D eigenvalue weighted by molar-refractivity contribution is 5.94. The molecule has 1 aromatic carbocycles. The maximum absolute atomic E-state index is 13.1. The van der Waals surface area contributed by atoms with Crippen molar-refractivity contribution in [1.29, 1.82) is 0 Å². The van der Waals surface area contributed by atoms with Crippen molar-refractivity contribution in [3.05, 3.63) is 48.4 Å². The summed E-state index contributed by atoms with van der Waals surface area (Å²) in [6, 6.07) is 7.96. The molecule has 4 aromatic rings. The number of rotatable bonds is 4. The Morgan fingerprint density at radius 3 is 2.38 bits per heavy atom. The number of fused-ring (bicyclic) bond motifs is 2. The van der Waals surface area contributed by atoms with Crippen molar-refractivity contribution in [3.63, 3.8) is 0 Å². The molecule has 248 valence electrons. The highest BCUT2D eigenvalue weighted by Crippen LogP contribution is 2.39. The van der Waals surface area contributed by atoms with Crippen LogP contribution >= 0.6 is 0 Å². The number of hydrogen-bond acceptors (Lipinski definition) is 10. The van der Waals surface area contributed by atoms with Crippen molar-refractivity contribution in [1.82, 2.24) is 29.6 Å². The molecule has 13 heteroatoms. The first-order valence-corrected chi connectivity index (χ1v) is 15.9. The van der Waals surface area contributed by atoms with Gasteiger partial charge in [-0.05, 0) is 78.5 Å². The van der Waals surface area contributed by atoms with E-state index in [1.54, 1.807) is 28.4 Å². The number of nitrogens with one attached hydrogen (secondary N) is 1. The minimum absolute atomic E-state index is 0.113. The lowest BCUT2D eigenvalue weighted by Gasteiger charge is -2.34. The van der Waals surface area contributed by atoms with E-state index in [4.69, 9.17) is 19.2 Å². The van der Waals surface area contributed by atoms with Gasteiger partial charge in [-0.1, -0.05) is 12.1 Å². The number of nitrogens with zero attached hydrogens (tertiary/aromatic N) is 7. The van der Waals surface area contributed by atoms with Crippen LogP contribution in [-0.2, 0) is 9.47 Å². The Hall–Kier alpha value is -4.94. The van der Waals surface area contributed by atoms with E-state index in [9.17, 15) is 9.59 Å². The summed E-state index contributed by atoms with van der Waals surface area (Å²) in [5.74, 6) is 1.62. The third kappa shape index (κ3) is 7.08. The van der Waals surface area contributed by atoms with Gasteiger partial charge in [-0.25, -0.2) is 29.2 Å². The van der Waals surface area contributed by atoms with Crippen molar-refractivity contribution in [2.75, 3.05) is 36.5 Å². The largest absolute Gasteiger partial charge is 0.474 e. The number of piperidine rings is 1. The van der Waals surface area contributed by atoms with Crippen LogP contribution in [0.1, 0.15) is 66.0 Å². The molecule has 0 bridgehead atoms. The predicted octanol–water partition coefficient (Wildman–Crippen LogP) is 6.65. The van der Waals surface area contributed by atoms with Gasteiger partial charge in [-0.15, -0.1) is 0 Å². The van der Waals surface area contributed by atoms with Crippen molar-refractivity contribution < 1.29 is 23.8 Å². The number of pyridine rings is 1. The highest BCUT2D eigenvalue weighted by Gasteiger charge is 2.32. The van der Waals surface area contributed by atoms with Gasteiger partial charge >= 0.3 is 12.2 Å². The van der Waals surface area contributed by atoms with Crippen molar-refractivity contribution in [3.8, 4) is 17.0 Å². The summed E-state index contributed by atoms with van der Waals surface area (Å²) >= 11 is 0. The molecule has 2 aliphatic heterocycles. The second-order valence-corrected chi connectivity index (χ2v) is 13.9. The van der Waals surface area contributed by atoms with Gasteiger partial charge in [0, 0.05) is 42.5 Å². The van der Waals surface area contributed by atoms with Gasteiger partial charge in [0.25, 0.3) is 0 Å². The van der Waals surface area contributed by atoms with Crippen LogP contribution < -0.4 is 15.0 Å². The normalized spacial score (nSPS) is 15.6. The van der Waals surface area contributed by atoms with Gasteiger partial charge in [-0.3, -0.25) is 4.90 Å². The first-order chi connectivity index (χ1) is 22.3. The number of ether oxygens (including phenoxy) is 3. The molecule has 0 radical (unpaired) electrons. The summed E-state index contributed by atoms with van der Waals surface area (Å²) in [5.41, 5.74) is 2.80. The Labute approximate surface area is 274 Å². The average Bonchev–Trinajstić information content (AvgIpc) is 3.47. The maximum atomic E-state index is 13.1. The van der Waals surface area contributed by atoms with E-state index in [0.717, 1.165) is 46.3 Å². The molecule has 0 spiro atoms. The number of likely N-dealkylation sites (tertiary alicyclic amines) is 1. The number of carbonyl (C=O) groups excluding carboxylic acids is 2. The molecule has 1 saturated heterocycles. The third-order valence-corrected chi connectivity index (χ3v) is 7.98. The van der Waals surface area contributed by atoms with Gasteiger partial charge in [0.2, 0.25) is 11.8 Å². The first-order valence-electron chi connectivity index (χ1n) is 15.9. The molecule has 1 fully saturated rings. The van der Waals surface area contributed by atoms with Crippen LogP contribution in [-0.4, -0.2) is 79.3 Å². The number of amides is 2. The van der Waals surface area contributed by atoms with E-state index in [-0.39, 0.29) is 12.1 Å². The van der Waals surface area contributed by atoms with Gasteiger partial charge < -0.3 is 24.4 Å². The second kappa shape index (κ2) is 12.3. The third-order valence-electron chi connectivity index (χ3n) is 7.98. The lowest BCUT2D eigenvalue weighted by atomic mass is 9.99. The molecular formula is C34H42N8O5. The van der Waals surface area contributed by atoms with E-state index in [1.165, 1.54) is 0 Å². The summed E-state index contributed by atoms with van der Waals surface area (Å²) in [7, 11) is 0. The molecule has 0 atom stereocenters. The minimum Gasteiger partial charge on any atom is -0.474 e. The molecule has 13 nitrogen and oxygen atoms in total. The number of anilines is 3. The molecule has 5 heterocycles. The van der Waals surface area contributed by atoms with Crippen LogP contribution in [0.5, 0.6) is 5.88 Å². The number of carbonyl (C=O) groups is 2. The van der Waals surface area contributed by atoms with E-state index in [1.807, 2.05) is 77.4 Å². The summed E-state index contributed by atoms with van der Waals surface area (Å²) in [5, 5.41) is 8.79.